The normalized spacial score (nSPS) is 17.5. The topological polar surface area (TPSA) is 79.8 Å². The van der Waals surface area contributed by atoms with Gasteiger partial charge in [-0.2, -0.15) is 0 Å². The van der Waals surface area contributed by atoms with Crippen LogP contribution < -0.4 is 9.80 Å². The van der Waals surface area contributed by atoms with Crippen LogP contribution in [0, 0.1) is 0 Å². The van der Waals surface area contributed by atoms with Crippen molar-refractivity contribution in [2.24, 2.45) is 0 Å². The minimum Gasteiger partial charge on any atom is -0.443 e. The molecule has 3 heterocycles. The van der Waals surface area contributed by atoms with Crippen molar-refractivity contribution in [3.8, 4) is 0 Å². The van der Waals surface area contributed by atoms with Crippen LogP contribution in [0.1, 0.15) is 53.0 Å². The van der Waals surface area contributed by atoms with Crippen LogP contribution in [0.2, 0.25) is 0 Å². The summed E-state index contributed by atoms with van der Waals surface area (Å²) in [4.78, 5) is 46.7. The molecule has 2 aliphatic rings. The van der Waals surface area contributed by atoms with Crippen molar-refractivity contribution in [1.82, 2.24) is 4.98 Å². The minimum atomic E-state index is -0.680. The van der Waals surface area contributed by atoms with Crippen molar-refractivity contribution in [3.63, 3.8) is 0 Å². The number of nitrogens with zero attached hydrogens (tertiary/aromatic N) is 3. The molecule has 2 aromatic carbocycles. The predicted octanol–water partition coefficient (Wildman–Crippen LogP) is 5.11. The van der Waals surface area contributed by atoms with Crippen molar-refractivity contribution >= 4 is 51.8 Å². The third kappa shape index (κ3) is 3.35. The summed E-state index contributed by atoms with van der Waals surface area (Å²) in [5, 5.41) is 0.748. The number of carbonyl (C=O) groups excluding carboxylic acids is 3. The maximum Gasteiger partial charge on any atom is 0.414 e. The van der Waals surface area contributed by atoms with E-state index in [2.05, 4.69) is 4.98 Å². The Bertz CT molecular complexity index is 1300. The lowest BCUT2D eigenvalue weighted by Crippen LogP contribution is -2.36. The summed E-state index contributed by atoms with van der Waals surface area (Å²) < 4.78 is 5.62. The molecule has 3 amide bonds. The van der Waals surface area contributed by atoms with Gasteiger partial charge in [-0.25, -0.2) is 9.69 Å². The lowest BCUT2D eigenvalue weighted by Gasteiger charge is -2.26. The van der Waals surface area contributed by atoms with Gasteiger partial charge in [0, 0.05) is 29.9 Å². The highest BCUT2D eigenvalue weighted by Crippen LogP contribution is 2.46. The number of carbonyl (C=O) groups is 3. The molecule has 0 saturated heterocycles. The minimum absolute atomic E-state index is 0.142. The highest BCUT2D eigenvalue weighted by atomic mass is 35.5. The van der Waals surface area contributed by atoms with E-state index in [-0.39, 0.29) is 5.92 Å². The lowest BCUT2D eigenvalue weighted by atomic mass is 9.97. The zero-order valence-electron chi connectivity index (χ0n) is 18.5. The van der Waals surface area contributed by atoms with E-state index in [4.69, 9.17) is 16.3 Å². The molecule has 0 fully saturated rings. The summed E-state index contributed by atoms with van der Waals surface area (Å²) in [6.45, 7) is 5.74. The fraction of sp³-hybridized carbons (Fsp3) is 0.280. The fourth-order valence-electron chi connectivity index (χ4n) is 4.50. The first-order chi connectivity index (χ1) is 15.7. The van der Waals surface area contributed by atoms with E-state index in [1.165, 1.54) is 4.90 Å². The molecule has 8 heteroatoms. The zero-order chi connectivity index (χ0) is 23.5. The maximum absolute atomic E-state index is 13.2. The van der Waals surface area contributed by atoms with Crippen molar-refractivity contribution in [2.45, 2.75) is 32.3 Å². The molecule has 0 aliphatic carbocycles. The second-order valence-corrected chi connectivity index (χ2v) is 9.47. The van der Waals surface area contributed by atoms with Gasteiger partial charge in [-0.3, -0.25) is 19.5 Å². The third-order valence-electron chi connectivity index (χ3n) is 5.83. The number of rotatable bonds is 2. The van der Waals surface area contributed by atoms with Crippen LogP contribution in [0.25, 0.3) is 10.9 Å². The Hall–Kier alpha value is -3.45. The molecule has 0 spiro atoms. The molecule has 1 atom stereocenters. The second-order valence-electron chi connectivity index (χ2n) is 9.16. The van der Waals surface area contributed by atoms with E-state index in [0.717, 1.165) is 15.8 Å². The average molecular weight is 464 g/mol. The quantitative estimate of drug-likeness (QED) is 0.389. The Morgan fingerprint density at radius 1 is 1.09 bits per heavy atom. The summed E-state index contributed by atoms with van der Waals surface area (Å²) in [7, 11) is 0. The zero-order valence-corrected chi connectivity index (χ0v) is 19.2. The van der Waals surface area contributed by atoms with Gasteiger partial charge in [-0.15, -0.1) is 11.6 Å². The number of benzene rings is 2. The molecule has 7 nitrogen and oxygen atoms in total. The summed E-state index contributed by atoms with van der Waals surface area (Å²) >= 11 is 6.30. The number of alkyl halides is 1. The lowest BCUT2D eigenvalue weighted by molar-refractivity contribution is 0.0582. The smallest absolute Gasteiger partial charge is 0.414 e. The van der Waals surface area contributed by atoms with Crippen LogP contribution in [0.5, 0.6) is 0 Å². The number of ether oxygens (including phenoxy) is 1. The molecule has 168 valence electrons. The van der Waals surface area contributed by atoms with Crippen molar-refractivity contribution < 1.29 is 19.1 Å². The van der Waals surface area contributed by atoms with Gasteiger partial charge in [0.1, 0.15) is 5.60 Å². The molecule has 0 N–H and O–H groups in total. The van der Waals surface area contributed by atoms with Crippen molar-refractivity contribution in [1.29, 1.82) is 0 Å². The highest BCUT2D eigenvalue weighted by molar-refractivity contribution is 6.36. The van der Waals surface area contributed by atoms with Gasteiger partial charge in [-0.05, 0) is 50.6 Å². The van der Waals surface area contributed by atoms with Crippen molar-refractivity contribution in [2.75, 3.05) is 22.2 Å². The summed E-state index contributed by atoms with van der Waals surface area (Å²) in [5.74, 6) is -0.684. The first-order valence-corrected chi connectivity index (χ1v) is 11.2. The van der Waals surface area contributed by atoms with Gasteiger partial charge in [0.2, 0.25) is 0 Å². The van der Waals surface area contributed by atoms with Gasteiger partial charge in [0.25, 0.3) is 11.8 Å². The van der Waals surface area contributed by atoms with E-state index in [1.54, 1.807) is 63.4 Å². The second kappa shape index (κ2) is 7.56. The number of fused-ring (bicyclic) bond motifs is 4. The van der Waals surface area contributed by atoms with Crippen LogP contribution in [-0.2, 0) is 4.74 Å². The largest absolute Gasteiger partial charge is 0.443 e. The predicted molar refractivity (Wildman–Crippen MR) is 126 cm³/mol. The van der Waals surface area contributed by atoms with Crippen LogP contribution in [0.4, 0.5) is 16.2 Å². The van der Waals surface area contributed by atoms with Crippen LogP contribution in [-0.4, -0.2) is 40.9 Å². The standard InChI is InChI=1S/C25H22ClN3O4/c1-25(2,3)33-24(32)28-13-14(12-26)20-17-9-6-10-27-21(17)19(11-18(20)28)29-22(30)15-7-4-5-8-16(15)23(29)31/h4-11,14H,12-13H2,1-3H3. The van der Waals surface area contributed by atoms with Gasteiger partial charge in [0.15, 0.2) is 0 Å². The number of aromatic nitrogens is 1. The van der Waals surface area contributed by atoms with Gasteiger partial charge in [0.05, 0.1) is 28.0 Å². The molecule has 0 bridgehead atoms. The molecular formula is C25H22ClN3O4. The van der Waals surface area contributed by atoms with E-state index < -0.39 is 23.5 Å². The Balaban J connectivity index is 1.72. The Morgan fingerprint density at radius 2 is 1.76 bits per heavy atom. The summed E-state index contributed by atoms with van der Waals surface area (Å²) in [6.07, 6.45) is 1.11. The number of imide groups is 1. The monoisotopic (exact) mass is 463 g/mol. The van der Waals surface area contributed by atoms with Gasteiger partial charge >= 0.3 is 6.09 Å². The van der Waals surface area contributed by atoms with Crippen molar-refractivity contribution in [3.05, 3.63) is 65.4 Å². The number of halogens is 1. The summed E-state index contributed by atoms with van der Waals surface area (Å²) in [6, 6.07) is 12.1. The molecule has 0 radical (unpaired) electrons. The third-order valence-corrected chi connectivity index (χ3v) is 6.20. The number of hydrogen-bond donors (Lipinski definition) is 0. The van der Waals surface area contributed by atoms with Crippen LogP contribution >= 0.6 is 11.6 Å². The highest BCUT2D eigenvalue weighted by Gasteiger charge is 2.41. The van der Waals surface area contributed by atoms with E-state index >= 15 is 0 Å². The molecule has 1 aromatic heterocycles. The Labute approximate surface area is 195 Å². The first-order valence-electron chi connectivity index (χ1n) is 10.7. The maximum atomic E-state index is 13.2. The molecule has 33 heavy (non-hydrogen) atoms. The van der Waals surface area contributed by atoms with E-state index in [1.807, 2.05) is 6.07 Å². The Kier molecular flexibility index (Phi) is 4.90. The molecule has 2 aliphatic heterocycles. The van der Waals surface area contributed by atoms with Gasteiger partial charge in [-0.1, -0.05) is 18.2 Å². The summed E-state index contributed by atoms with van der Waals surface area (Å²) in [5.41, 5.74) is 2.28. The molecule has 0 saturated carbocycles. The average Bonchev–Trinajstić information content (AvgIpc) is 3.28. The number of anilines is 2. The van der Waals surface area contributed by atoms with Gasteiger partial charge < -0.3 is 4.74 Å². The van der Waals surface area contributed by atoms with E-state index in [0.29, 0.717) is 40.4 Å². The first kappa shape index (κ1) is 21.4. The van der Waals surface area contributed by atoms with Crippen LogP contribution in [0.3, 0.4) is 0 Å². The number of hydrogen-bond acceptors (Lipinski definition) is 5. The fourth-order valence-corrected chi connectivity index (χ4v) is 4.75. The Morgan fingerprint density at radius 3 is 2.36 bits per heavy atom. The molecule has 3 aromatic rings. The number of amides is 3. The number of pyridine rings is 1. The van der Waals surface area contributed by atoms with Crippen LogP contribution in [0.15, 0.2) is 48.7 Å². The SMILES string of the molecule is CC(C)(C)OC(=O)N1CC(CCl)c2c1cc(N1C(=O)c3ccccc3C1=O)c1ncccc21. The molecule has 5 rings (SSSR count). The van der Waals surface area contributed by atoms with E-state index in [9.17, 15) is 14.4 Å². The molecular weight excluding hydrogens is 442 g/mol. The molecule has 1 unspecified atom stereocenters.